The molecule has 3 rings (SSSR count). The lowest BCUT2D eigenvalue weighted by Crippen LogP contribution is -2.26. The van der Waals surface area contributed by atoms with Gasteiger partial charge in [0.05, 0.1) is 17.3 Å². The predicted octanol–water partition coefficient (Wildman–Crippen LogP) is 3.32. The number of hydrogen-bond acceptors (Lipinski definition) is 5. The third-order valence-corrected chi connectivity index (χ3v) is 4.79. The van der Waals surface area contributed by atoms with E-state index in [4.69, 9.17) is 5.73 Å². The van der Waals surface area contributed by atoms with Crippen LogP contribution in [0.25, 0.3) is 0 Å². The molecule has 21 heavy (non-hydrogen) atoms. The normalized spacial score (nSPS) is 18.3. The fourth-order valence-electron chi connectivity index (χ4n) is 2.06. The van der Waals surface area contributed by atoms with Gasteiger partial charge in [0.2, 0.25) is 5.82 Å². The number of thiophene rings is 1. The Morgan fingerprint density at radius 3 is 2.76 bits per heavy atom. The average molecular weight is 377 g/mol. The van der Waals surface area contributed by atoms with Gasteiger partial charge in [-0.25, -0.2) is 9.97 Å². The number of rotatable bonds is 1. The van der Waals surface area contributed by atoms with Crippen molar-refractivity contribution < 1.29 is 13.2 Å². The number of nitrogens with zero attached hydrogens (tertiary/aromatic N) is 3. The molecule has 2 aromatic heterocycles. The van der Waals surface area contributed by atoms with Crippen LogP contribution < -0.4 is 5.73 Å². The van der Waals surface area contributed by atoms with E-state index in [1.54, 1.807) is 0 Å². The molecule has 0 radical (unpaired) electrons. The van der Waals surface area contributed by atoms with Gasteiger partial charge in [0, 0.05) is 27.3 Å². The summed E-state index contributed by atoms with van der Waals surface area (Å²) in [6.07, 6.45) is -3.21. The van der Waals surface area contributed by atoms with Gasteiger partial charge in [-0.1, -0.05) is 0 Å². The molecule has 1 atom stereocenters. The first kappa shape index (κ1) is 14.5. The van der Waals surface area contributed by atoms with E-state index in [1.165, 1.54) is 11.3 Å². The van der Waals surface area contributed by atoms with Gasteiger partial charge in [0.1, 0.15) is 5.84 Å². The highest BCUT2D eigenvalue weighted by Gasteiger charge is 2.36. The summed E-state index contributed by atoms with van der Waals surface area (Å²) in [6.45, 7) is 0. The van der Waals surface area contributed by atoms with E-state index in [0.717, 1.165) is 15.5 Å². The molecule has 0 bridgehead atoms. The maximum absolute atomic E-state index is 12.7. The van der Waals surface area contributed by atoms with Crippen LogP contribution in [-0.2, 0) is 12.6 Å². The summed E-state index contributed by atoms with van der Waals surface area (Å²) in [5.74, 6) is -0.985. The molecule has 1 aliphatic rings. The first-order valence-corrected chi connectivity index (χ1v) is 7.52. The monoisotopic (exact) mass is 376 g/mol. The van der Waals surface area contributed by atoms with E-state index >= 15 is 0 Å². The van der Waals surface area contributed by atoms with Crippen molar-refractivity contribution in [3.05, 3.63) is 44.1 Å². The zero-order chi connectivity index (χ0) is 15.2. The van der Waals surface area contributed by atoms with E-state index in [0.29, 0.717) is 5.56 Å². The van der Waals surface area contributed by atoms with E-state index in [1.807, 2.05) is 11.4 Å². The summed E-state index contributed by atoms with van der Waals surface area (Å²) >= 11 is 4.81. The highest BCUT2D eigenvalue weighted by atomic mass is 79.9. The van der Waals surface area contributed by atoms with Crippen LogP contribution in [0.15, 0.2) is 27.1 Å². The Bertz CT molecular complexity index is 726. The van der Waals surface area contributed by atoms with Crippen molar-refractivity contribution in [3.63, 3.8) is 0 Å². The van der Waals surface area contributed by atoms with Gasteiger partial charge in [-0.05, 0) is 22.0 Å². The molecule has 0 saturated heterocycles. The summed E-state index contributed by atoms with van der Waals surface area (Å²) < 4.78 is 39.0. The number of hydrogen-bond donors (Lipinski definition) is 1. The quantitative estimate of drug-likeness (QED) is 0.829. The van der Waals surface area contributed by atoms with E-state index in [2.05, 4.69) is 30.9 Å². The first-order valence-electron chi connectivity index (χ1n) is 5.85. The maximum atomic E-state index is 12.7. The Kier molecular flexibility index (Phi) is 3.48. The van der Waals surface area contributed by atoms with Crippen LogP contribution in [0.5, 0.6) is 0 Å². The van der Waals surface area contributed by atoms with Crippen LogP contribution in [0.2, 0.25) is 0 Å². The van der Waals surface area contributed by atoms with Crippen LogP contribution >= 0.6 is 27.3 Å². The van der Waals surface area contributed by atoms with Gasteiger partial charge >= 0.3 is 6.18 Å². The minimum atomic E-state index is -4.57. The Hall–Kier alpha value is -1.48. The average Bonchev–Trinajstić information content (AvgIpc) is 2.83. The van der Waals surface area contributed by atoms with Crippen LogP contribution in [0.4, 0.5) is 13.2 Å². The molecule has 0 aromatic carbocycles. The lowest BCUT2D eigenvalue weighted by molar-refractivity contribution is -0.145. The van der Waals surface area contributed by atoms with E-state index in [9.17, 15) is 13.2 Å². The van der Waals surface area contributed by atoms with Gasteiger partial charge in [-0.15, -0.1) is 11.3 Å². The summed E-state index contributed by atoms with van der Waals surface area (Å²) in [4.78, 5) is 12.2. The molecule has 1 aliphatic heterocycles. The molecule has 3 heterocycles. The van der Waals surface area contributed by atoms with Crippen molar-refractivity contribution in [1.82, 2.24) is 9.97 Å². The SMILES string of the molecule is NC1=N[C@H](c2cc(Br)cs2)Cc2nc(C(F)(F)F)ncc21. The molecule has 0 amide bonds. The maximum Gasteiger partial charge on any atom is 0.451 e. The second-order valence-electron chi connectivity index (χ2n) is 4.45. The van der Waals surface area contributed by atoms with Crippen LogP contribution in [-0.4, -0.2) is 15.8 Å². The first-order chi connectivity index (χ1) is 9.84. The number of aliphatic imine (C=N–C) groups is 1. The molecule has 110 valence electrons. The largest absolute Gasteiger partial charge is 0.451 e. The van der Waals surface area contributed by atoms with Gasteiger partial charge in [-0.2, -0.15) is 13.2 Å². The third kappa shape index (κ3) is 2.80. The Balaban J connectivity index is 2.01. The molecule has 0 spiro atoms. The van der Waals surface area contributed by atoms with Crippen molar-refractivity contribution >= 4 is 33.1 Å². The van der Waals surface area contributed by atoms with Gasteiger partial charge in [-0.3, -0.25) is 4.99 Å². The Labute approximate surface area is 130 Å². The van der Waals surface area contributed by atoms with Gasteiger partial charge < -0.3 is 5.73 Å². The topological polar surface area (TPSA) is 64.2 Å². The Morgan fingerprint density at radius 2 is 2.14 bits per heavy atom. The molecular formula is C12H8BrF3N4S. The molecular weight excluding hydrogens is 369 g/mol. The highest BCUT2D eigenvalue weighted by molar-refractivity contribution is 9.10. The summed E-state index contributed by atoms with van der Waals surface area (Å²) in [6, 6.07) is 1.56. The Morgan fingerprint density at radius 1 is 1.38 bits per heavy atom. The molecule has 2 aromatic rings. The number of aromatic nitrogens is 2. The summed E-state index contributed by atoms with van der Waals surface area (Å²) in [7, 11) is 0. The molecule has 0 unspecified atom stereocenters. The summed E-state index contributed by atoms with van der Waals surface area (Å²) in [5.41, 5.74) is 6.47. The number of fused-ring (bicyclic) bond motifs is 1. The van der Waals surface area contributed by atoms with Crippen molar-refractivity contribution in [2.24, 2.45) is 10.7 Å². The predicted molar refractivity (Wildman–Crippen MR) is 76.2 cm³/mol. The van der Waals surface area contributed by atoms with Crippen LogP contribution in [0.3, 0.4) is 0 Å². The van der Waals surface area contributed by atoms with Crippen molar-refractivity contribution in [2.75, 3.05) is 0 Å². The van der Waals surface area contributed by atoms with Crippen molar-refractivity contribution in [2.45, 2.75) is 18.6 Å². The fraction of sp³-hybridized carbons (Fsp3) is 0.250. The molecule has 0 aliphatic carbocycles. The second kappa shape index (κ2) is 5.06. The lowest BCUT2D eigenvalue weighted by atomic mass is 10.0. The minimum Gasteiger partial charge on any atom is -0.383 e. The third-order valence-electron chi connectivity index (χ3n) is 2.99. The van der Waals surface area contributed by atoms with E-state index < -0.39 is 12.0 Å². The molecule has 0 saturated carbocycles. The van der Waals surface area contributed by atoms with Crippen LogP contribution in [0, 0.1) is 0 Å². The fourth-order valence-corrected chi connectivity index (χ4v) is 3.54. The lowest BCUT2D eigenvalue weighted by Gasteiger charge is -2.20. The van der Waals surface area contributed by atoms with Gasteiger partial charge in [0.25, 0.3) is 0 Å². The van der Waals surface area contributed by atoms with Gasteiger partial charge in [0.15, 0.2) is 0 Å². The minimum absolute atomic E-state index is 0.166. The number of nitrogens with two attached hydrogens (primary N) is 1. The molecule has 4 nitrogen and oxygen atoms in total. The van der Waals surface area contributed by atoms with Crippen molar-refractivity contribution in [1.29, 1.82) is 0 Å². The number of amidine groups is 1. The van der Waals surface area contributed by atoms with E-state index in [-0.39, 0.29) is 24.0 Å². The second-order valence-corrected chi connectivity index (χ2v) is 6.31. The molecule has 2 N–H and O–H groups in total. The van der Waals surface area contributed by atoms with Crippen molar-refractivity contribution in [3.8, 4) is 0 Å². The zero-order valence-corrected chi connectivity index (χ0v) is 12.8. The summed E-state index contributed by atoms with van der Waals surface area (Å²) in [5, 5.41) is 1.89. The van der Waals surface area contributed by atoms with Crippen LogP contribution in [0.1, 0.15) is 28.0 Å². The number of alkyl halides is 3. The molecule has 0 fully saturated rings. The molecule has 9 heteroatoms. The number of halogens is 4. The zero-order valence-electron chi connectivity index (χ0n) is 10.4. The highest BCUT2D eigenvalue weighted by Crippen LogP contribution is 2.34. The smallest absolute Gasteiger partial charge is 0.383 e. The standard InChI is InChI=1S/C12H8BrF3N4S/c13-5-1-9(21-4-5)8-2-7-6(10(17)19-8)3-18-11(20-7)12(14,15)16/h1,3-4,8H,2H2,(H2,17,19)/t8-/m0/s1.